The molecule has 0 bridgehead atoms. The Kier molecular flexibility index (Phi) is 4.59. The Balaban J connectivity index is 1.91. The van der Waals surface area contributed by atoms with E-state index >= 15 is 0 Å². The molecule has 0 spiro atoms. The molecule has 2 aliphatic heterocycles. The summed E-state index contributed by atoms with van der Waals surface area (Å²) in [6.45, 7) is 2.86. The molecule has 7 heteroatoms. The van der Waals surface area contributed by atoms with Crippen LogP contribution in [0.5, 0.6) is 0 Å². The summed E-state index contributed by atoms with van der Waals surface area (Å²) in [6.07, 6.45) is 2.89. The van der Waals surface area contributed by atoms with Gasteiger partial charge in [0.1, 0.15) is 12.1 Å². The third-order valence-corrected chi connectivity index (χ3v) is 3.93. The third-order valence-electron chi connectivity index (χ3n) is 3.93. The average molecular weight is 283 g/mol. The maximum atomic E-state index is 12.2. The van der Waals surface area contributed by atoms with Crippen LogP contribution in [-0.2, 0) is 14.4 Å². The number of carboxylic acid groups (broad SMARTS) is 1. The van der Waals surface area contributed by atoms with E-state index in [0.717, 1.165) is 19.4 Å². The Morgan fingerprint density at radius 3 is 2.65 bits per heavy atom. The number of hydrogen-bond donors (Lipinski definition) is 3. The number of aliphatic carboxylic acids is 1. The van der Waals surface area contributed by atoms with Crippen LogP contribution in [0.1, 0.15) is 32.6 Å². The van der Waals surface area contributed by atoms with E-state index in [1.54, 1.807) is 6.92 Å². The number of amides is 2. The normalized spacial score (nSPS) is 27.4. The van der Waals surface area contributed by atoms with Crippen molar-refractivity contribution in [1.82, 2.24) is 15.5 Å². The Hall–Kier alpha value is -1.63. The fourth-order valence-corrected chi connectivity index (χ4v) is 2.82. The number of nitrogens with zero attached hydrogens (tertiary/aromatic N) is 1. The molecule has 7 nitrogen and oxygen atoms in total. The molecule has 2 aliphatic rings. The molecule has 2 amide bonds. The second-order valence-electron chi connectivity index (χ2n) is 5.41. The summed E-state index contributed by atoms with van der Waals surface area (Å²) >= 11 is 0. The Bertz CT molecular complexity index is 406. The van der Waals surface area contributed by atoms with E-state index in [2.05, 4.69) is 10.6 Å². The Morgan fingerprint density at radius 1 is 1.30 bits per heavy atom. The lowest BCUT2D eigenvalue weighted by Gasteiger charge is -2.26. The van der Waals surface area contributed by atoms with Crippen LogP contribution in [0, 0.1) is 0 Å². The number of likely N-dealkylation sites (tertiary alicyclic amines) is 1. The quantitative estimate of drug-likeness (QED) is 0.635. The van der Waals surface area contributed by atoms with Crippen LogP contribution in [0.3, 0.4) is 0 Å². The van der Waals surface area contributed by atoms with Gasteiger partial charge in [-0.1, -0.05) is 0 Å². The van der Waals surface area contributed by atoms with Gasteiger partial charge in [0.25, 0.3) is 0 Å². The highest BCUT2D eigenvalue weighted by Crippen LogP contribution is 2.18. The SMILES string of the molecule is C[C@H](NC(=O)[C@H]1CCCN1)C(=O)N1CCC[C@H]1C(=O)O. The molecule has 0 aliphatic carbocycles. The fraction of sp³-hybridized carbons (Fsp3) is 0.769. The molecule has 0 aromatic carbocycles. The van der Waals surface area contributed by atoms with E-state index in [4.69, 9.17) is 5.11 Å². The van der Waals surface area contributed by atoms with Gasteiger partial charge in [-0.3, -0.25) is 9.59 Å². The lowest BCUT2D eigenvalue weighted by atomic mass is 10.2. The standard InChI is InChI=1S/C13H21N3O4/c1-8(15-11(17)9-4-2-6-14-9)12(18)16-7-3-5-10(16)13(19)20/h8-10,14H,2-7H2,1H3,(H,15,17)(H,19,20)/t8-,9+,10-/m0/s1. The molecular formula is C13H21N3O4. The molecule has 112 valence electrons. The molecule has 3 atom stereocenters. The lowest BCUT2D eigenvalue weighted by Crippen LogP contribution is -2.53. The number of nitrogens with one attached hydrogen (secondary N) is 2. The predicted molar refractivity (Wildman–Crippen MR) is 71.0 cm³/mol. The smallest absolute Gasteiger partial charge is 0.326 e. The molecule has 2 fully saturated rings. The van der Waals surface area contributed by atoms with Gasteiger partial charge in [-0.05, 0) is 39.2 Å². The number of hydrogen-bond acceptors (Lipinski definition) is 4. The molecule has 0 aromatic heterocycles. The van der Waals surface area contributed by atoms with Crippen molar-refractivity contribution >= 4 is 17.8 Å². The van der Waals surface area contributed by atoms with E-state index in [-0.39, 0.29) is 17.9 Å². The summed E-state index contributed by atoms with van der Waals surface area (Å²) in [5, 5.41) is 14.8. The summed E-state index contributed by atoms with van der Waals surface area (Å²) in [4.78, 5) is 36.6. The van der Waals surface area contributed by atoms with Crippen molar-refractivity contribution in [2.45, 2.75) is 50.7 Å². The maximum Gasteiger partial charge on any atom is 0.326 e. The molecular weight excluding hydrogens is 262 g/mol. The zero-order chi connectivity index (χ0) is 14.7. The monoisotopic (exact) mass is 283 g/mol. The molecule has 2 rings (SSSR count). The van der Waals surface area contributed by atoms with Crippen molar-refractivity contribution in [3.63, 3.8) is 0 Å². The minimum absolute atomic E-state index is 0.186. The summed E-state index contributed by atoms with van der Waals surface area (Å²) in [5.74, 6) is -1.48. The number of carbonyl (C=O) groups excluding carboxylic acids is 2. The van der Waals surface area contributed by atoms with E-state index in [1.807, 2.05) is 0 Å². The number of rotatable bonds is 4. The maximum absolute atomic E-state index is 12.2. The highest BCUT2D eigenvalue weighted by atomic mass is 16.4. The first-order valence-electron chi connectivity index (χ1n) is 7.07. The van der Waals surface area contributed by atoms with E-state index in [9.17, 15) is 14.4 Å². The van der Waals surface area contributed by atoms with Crippen LogP contribution in [-0.4, -0.2) is 59.0 Å². The van der Waals surface area contributed by atoms with Crippen LogP contribution in [0.15, 0.2) is 0 Å². The summed E-state index contributed by atoms with van der Waals surface area (Å²) in [5.41, 5.74) is 0. The molecule has 2 heterocycles. The number of carbonyl (C=O) groups is 3. The first-order chi connectivity index (χ1) is 9.50. The van der Waals surface area contributed by atoms with Gasteiger partial charge in [0.2, 0.25) is 11.8 Å². The second kappa shape index (κ2) is 6.21. The first-order valence-corrected chi connectivity index (χ1v) is 7.07. The van der Waals surface area contributed by atoms with E-state index in [0.29, 0.717) is 19.4 Å². The molecule has 3 N–H and O–H groups in total. The second-order valence-corrected chi connectivity index (χ2v) is 5.41. The molecule has 0 saturated carbocycles. The zero-order valence-electron chi connectivity index (χ0n) is 11.6. The van der Waals surface area contributed by atoms with Crippen LogP contribution >= 0.6 is 0 Å². The Morgan fingerprint density at radius 2 is 2.05 bits per heavy atom. The minimum Gasteiger partial charge on any atom is -0.480 e. The van der Waals surface area contributed by atoms with Crippen LogP contribution in [0.4, 0.5) is 0 Å². The highest BCUT2D eigenvalue weighted by Gasteiger charge is 2.36. The predicted octanol–water partition coefficient (Wildman–Crippen LogP) is -0.681. The van der Waals surface area contributed by atoms with Gasteiger partial charge in [0.05, 0.1) is 6.04 Å². The van der Waals surface area contributed by atoms with Crippen molar-refractivity contribution in [3.8, 4) is 0 Å². The van der Waals surface area contributed by atoms with E-state index in [1.165, 1.54) is 4.90 Å². The minimum atomic E-state index is -0.980. The number of carboxylic acids is 1. The average Bonchev–Trinajstić information content (AvgIpc) is 3.08. The van der Waals surface area contributed by atoms with Gasteiger partial charge in [0.15, 0.2) is 0 Å². The topological polar surface area (TPSA) is 98.7 Å². The van der Waals surface area contributed by atoms with Crippen molar-refractivity contribution in [2.75, 3.05) is 13.1 Å². The van der Waals surface area contributed by atoms with Gasteiger partial charge in [0, 0.05) is 6.54 Å². The summed E-state index contributed by atoms with van der Waals surface area (Å²) < 4.78 is 0. The van der Waals surface area contributed by atoms with Gasteiger partial charge < -0.3 is 20.6 Å². The van der Waals surface area contributed by atoms with Crippen molar-refractivity contribution in [3.05, 3.63) is 0 Å². The van der Waals surface area contributed by atoms with E-state index < -0.39 is 18.1 Å². The van der Waals surface area contributed by atoms with Gasteiger partial charge in [-0.25, -0.2) is 4.79 Å². The summed E-state index contributed by atoms with van der Waals surface area (Å²) in [7, 11) is 0. The lowest BCUT2D eigenvalue weighted by molar-refractivity contribution is -0.149. The van der Waals surface area contributed by atoms with Crippen LogP contribution < -0.4 is 10.6 Å². The Labute approximate surface area is 117 Å². The largest absolute Gasteiger partial charge is 0.480 e. The molecule has 2 saturated heterocycles. The highest BCUT2D eigenvalue weighted by molar-refractivity contribution is 5.92. The van der Waals surface area contributed by atoms with Crippen molar-refractivity contribution in [1.29, 1.82) is 0 Å². The molecule has 0 unspecified atom stereocenters. The van der Waals surface area contributed by atoms with Crippen LogP contribution in [0.2, 0.25) is 0 Å². The van der Waals surface area contributed by atoms with Crippen LogP contribution in [0.25, 0.3) is 0 Å². The summed E-state index contributed by atoms with van der Waals surface area (Å²) in [6, 6.07) is -1.68. The molecule has 0 aromatic rings. The zero-order valence-corrected chi connectivity index (χ0v) is 11.6. The third kappa shape index (κ3) is 3.09. The molecule has 20 heavy (non-hydrogen) atoms. The fourth-order valence-electron chi connectivity index (χ4n) is 2.82. The molecule has 0 radical (unpaired) electrons. The van der Waals surface area contributed by atoms with Gasteiger partial charge >= 0.3 is 5.97 Å². The van der Waals surface area contributed by atoms with Gasteiger partial charge in [-0.2, -0.15) is 0 Å². The first kappa shape index (κ1) is 14.8. The van der Waals surface area contributed by atoms with Crippen molar-refractivity contribution < 1.29 is 19.5 Å². The van der Waals surface area contributed by atoms with Gasteiger partial charge in [-0.15, -0.1) is 0 Å². The van der Waals surface area contributed by atoms with Crippen molar-refractivity contribution in [2.24, 2.45) is 0 Å².